The van der Waals surface area contributed by atoms with Gasteiger partial charge in [-0.3, -0.25) is 0 Å². The molecule has 1 heterocycles. The molecule has 0 N–H and O–H groups in total. The Bertz CT molecular complexity index is 492. The molecule has 1 fully saturated rings. The van der Waals surface area contributed by atoms with E-state index in [1.54, 1.807) is 16.4 Å². The molecule has 0 aliphatic heterocycles. The molecule has 1 aliphatic rings. The normalized spacial score (nSPS) is 18.4. The fourth-order valence-corrected chi connectivity index (χ4v) is 5.85. The molecule has 0 saturated heterocycles. The van der Waals surface area contributed by atoms with Gasteiger partial charge in [-0.15, -0.1) is 11.3 Å². The van der Waals surface area contributed by atoms with Crippen LogP contribution in [0.25, 0.3) is 0 Å². The highest BCUT2D eigenvalue weighted by molar-refractivity contribution is 7.91. The van der Waals surface area contributed by atoms with Crippen LogP contribution in [0, 0.1) is 0 Å². The summed E-state index contributed by atoms with van der Waals surface area (Å²) in [6, 6.07) is 3.41. The van der Waals surface area contributed by atoms with Crippen LogP contribution in [0.3, 0.4) is 0 Å². The Hall–Kier alpha value is -0.100. The summed E-state index contributed by atoms with van der Waals surface area (Å²) in [5.41, 5.74) is 0. The van der Waals surface area contributed by atoms with Crippen molar-refractivity contribution in [2.24, 2.45) is 0 Å². The lowest BCUT2D eigenvalue weighted by Gasteiger charge is -2.32. The van der Waals surface area contributed by atoms with E-state index in [9.17, 15) is 8.42 Å². The van der Waals surface area contributed by atoms with Gasteiger partial charge in [-0.2, -0.15) is 4.31 Å². The molecule has 3 nitrogen and oxygen atoms in total. The summed E-state index contributed by atoms with van der Waals surface area (Å²) in [5.74, 6) is 0. The molecule has 1 aliphatic carbocycles. The minimum atomic E-state index is -3.36. The lowest BCUT2D eigenvalue weighted by Crippen LogP contribution is -2.40. The third-order valence-corrected chi connectivity index (χ3v) is 7.13. The van der Waals surface area contributed by atoms with Gasteiger partial charge in [0.25, 0.3) is 10.0 Å². The first-order valence-corrected chi connectivity index (χ1v) is 8.96. The fourth-order valence-electron chi connectivity index (χ4n) is 2.55. The molecule has 0 bridgehead atoms. The van der Waals surface area contributed by atoms with Crippen LogP contribution in [0.5, 0.6) is 0 Å². The molecule has 0 unspecified atom stereocenters. The van der Waals surface area contributed by atoms with Crippen molar-refractivity contribution in [2.75, 3.05) is 6.54 Å². The van der Waals surface area contributed by atoms with Crippen molar-refractivity contribution in [2.45, 2.75) is 49.3 Å². The number of hydrogen-bond donors (Lipinski definition) is 0. The zero-order valence-corrected chi connectivity index (χ0v) is 12.8. The van der Waals surface area contributed by atoms with Gasteiger partial charge >= 0.3 is 0 Å². The van der Waals surface area contributed by atoms with Gasteiger partial charge in [0.05, 0.1) is 4.34 Å². The highest BCUT2D eigenvalue weighted by atomic mass is 35.5. The number of thiophene rings is 1. The predicted molar refractivity (Wildman–Crippen MR) is 75.8 cm³/mol. The Labute approximate surface area is 118 Å². The molecular weight excluding hydrogens is 290 g/mol. The number of sulfonamides is 1. The standard InChI is InChI=1S/C12H18ClNO2S2/c1-2-14(10-6-4-3-5-7-10)18(15,16)12-9-8-11(13)17-12/h8-10H,2-7H2,1H3. The van der Waals surface area contributed by atoms with Gasteiger partial charge in [0.1, 0.15) is 4.21 Å². The molecule has 18 heavy (non-hydrogen) atoms. The third kappa shape index (κ3) is 2.90. The van der Waals surface area contributed by atoms with Crippen molar-refractivity contribution < 1.29 is 8.42 Å². The van der Waals surface area contributed by atoms with E-state index in [-0.39, 0.29) is 6.04 Å². The maximum absolute atomic E-state index is 12.6. The van der Waals surface area contributed by atoms with E-state index in [0.717, 1.165) is 37.0 Å². The van der Waals surface area contributed by atoms with Gasteiger partial charge in [0.15, 0.2) is 0 Å². The van der Waals surface area contributed by atoms with Crippen LogP contribution >= 0.6 is 22.9 Å². The second-order valence-electron chi connectivity index (χ2n) is 4.56. The van der Waals surface area contributed by atoms with Crippen molar-refractivity contribution in [1.29, 1.82) is 0 Å². The molecule has 6 heteroatoms. The Morgan fingerprint density at radius 1 is 1.33 bits per heavy atom. The van der Waals surface area contributed by atoms with Crippen LogP contribution in [0.2, 0.25) is 4.34 Å². The molecule has 1 aromatic heterocycles. The molecule has 0 spiro atoms. The highest BCUT2D eigenvalue weighted by Gasteiger charge is 2.31. The summed E-state index contributed by atoms with van der Waals surface area (Å²) < 4.78 is 27.6. The predicted octanol–water partition coefficient (Wildman–Crippen LogP) is 3.74. The molecule has 0 amide bonds. The number of hydrogen-bond acceptors (Lipinski definition) is 3. The fraction of sp³-hybridized carbons (Fsp3) is 0.667. The van der Waals surface area contributed by atoms with E-state index in [1.165, 1.54) is 6.42 Å². The molecule has 1 aromatic rings. The quantitative estimate of drug-likeness (QED) is 0.849. The Morgan fingerprint density at radius 2 is 2.00 bits per heavy atom. The Kier molecular flexibility index (Phi) is 4.69. The van der Waals surface area contributed by atoms with Crippen LogP contribution in [0.4, 0.5) is 0 Å². The first kappa shape index (κ1) is 14.3. The van der Waals surface area contributed by atoms with E-state index in [1.807, 2.05) is 6.92 Å². The molecule has 1 saturated carbocycles. The zero-order chi connectivity index (χ0) is 13.2. The lowest BCUT2D eigenvalue weighted by atomic mass is 9.95. The summed E-state index contributed by atoms with van der Waals surface area (Å²) in [7, 11) is -3.36. The molecule has 0 atom stereocenters. The van der Waals surface area contributed by atoms with E-state index in [4.69, 9.17) is 11.6 Å². The Morgan fingerprint density at radius 3 is 2.50 bits per heavy atom. The number of halogens is 1. The van der Waals surface area contributed by atoms with E-state index in [2.05, 4.69) is 0 Å². The molecule has 0 radical (unpaired) electrons. The number of rotatable bonds is 4. The van der Waals surface area contributed by atoms with Gasteiger partial charge in [-0.05, 0) is 25.0 Å². The van der Waals surface area contributed by atoms with Crippen LogP contribution in [0.1, 0.15) is 39.0 Å². The van der Waals surface area contributed by atoms with Gasteiger partial charge in [-0.1, -0.05) is 37.8 Å². The van der Waals surface area contributed by atoms with E-state index < -0.39 is 10.0 Å². The maximum Gasteiger partial charge on any atom is 0.252 e. The van der Waals surface area contributed by atoms with Crippen molar-refractivity contribution in [1.82, 2.24) is 4.31 Å². The monoisotopic (exact) mass is 307 g/mol. The largest absolute Gasteiger partial charge is 0.252 e. The average Bonchev–Trinajstić information content (AvgIpc) is 2.78. The molecule has 2 rings (SSSR count). The first-order chi connectivity index (χ1) is 8.55. The highest BCUT2D eigenvalue weighted by Crippen LogP contribution is 2.32. The smallest absolute Gasteiger partial charge is 0.206 e. The van der Waals surface area contributed by atoms with Gasteiger partial charge in [-0.25, -0.2) is 8.42 Å². The van der Waals surface area contributed by atoms with Crippen LogP contribution < -0.4 is 0 Å². The summed E-state index contributed by atoms with van der Waals surface area (Å²) in [6.45, 7) is 2.43. The van der Waals surface area contributed by atoms with Gasteiger partial charge in [0.2, 0.25) is 0 Å². The van der Waals surface area contributed by atoms with Crippen molar-refractivity contribution >= 4 is 33.0 Å². The van der Waals surface area contributed by atoms with Gasteiger partial charge in [0, 0.05) is 12.6 Å². The second kappa shape index (κ2) is 5.90. The minimum Gasteiger partial charge on any atom is -0.206 e. The van der Waals surface area contributed by atoms with Crippen LogP contribution in [0.15, 0.2) is 16.3 Å². The third-order valence-electron chi connectivity index (χ3n) is 3.41. The van der Waals surface area contributed by atoms with E-state index >= 15 is 0 Å². The SMILES string of the molecule is CCN(C1CCCCC1)S(=O)(=O)c1ccc(Cl)s1. The summed E-state index contributed by atoms with van der Waals surface area (Å²) in [5, 5.41) is 0. The Balaban J connectivity index is 2.25. The summed E-state index contributed by atoms with van der Waals surface area (Å²) >= 11 is 6.97. The molecule has 0 aromatic carbocycles. The number of nitrogens with zero attached hydrogens (tertiary/aromatic N) is 1. The lowest BCUT2D eigenvalue weighted by molar-refractivity contribution is 0.262. The topological polar surface area (TPSA) is 37.4 Å². The van der Waals surface area contributed by atoms with Gasteiger partial charge < -0.3 is 0 Å². The summed E-state index contributed by atoms with van der Waals surface area (Å²) in [6.07, 6.45) is 5.43. The average molecular weight is 308 g/mol. The van der Waals surface area contributed by atoms with Crippen molar-refractivity contribution in [3.63, 3.8) is 0 Å². The second-order valence-corrected chi connectivity index (χ2v) is 8.39. The minimum absolute atomic E-state index is 0.162. The van der Waals surface area contributed by atoms with Crippen LogP contribution in [-0.4, -0.2) is 25.3 Å². The van der Waals surface area contributed by atoms with Crippen molar-refractivity contribution in [3.05, 3.63) is 16.5 Å². The van der Waals surface area contributed by atoms with E-state index in [0.29, 0.717) is 15.1 Å². The molecular formula is C12H18ClNO2S2. The molecule has 102 valence electrons. The van der Waals surface area contributed by atoms with Crippen molar-refractivity contribution in [3.8, 4) is 0 Å². The maximum atomic E-state index is 12.6. The summed E-state index contributed by atoms with van der Waals surface area (Å²) in [4.78, 5) is 0. The first-order valence-electron chi connectivity index (χ1n) is 6.33. The van der Waals surface area contributed by atoms with Crippen LogP contribution in [-0.2, 0) is 10.0 Å². The zero-order valence-electron chi connectivity index (χ0n) is 10.4.